The molecule has 1 unspecified atom stereocenters. The molecule has 21 heavy (non-hydrogen) atoms. The summed E-state index contributed by atoms with van der Waals surface area (Å²) in [5.74, 6) is 0.695. The van der Waals surface area contributed by atoms with E-state index in [9.17, 15) is 4.79 Å². The van der Waals surface area contributed by atoms with Gasteiger partial charge in [0.25, 0.3) is 0 Å². The molecule has 0 spiro atoms. The van der Waals surface area contributed by atoms with Crippen LogP contribution in [0.2, 0.25) is 0 Å². The predicted molar refractivity (Wildman–Crippen MR) is 88.9 cm³/mol. The topological polar surface area (TPSA) is 50.4 Å². The summed E-state index contributed by atoms with van der Waals surface area (Å²) in [6.45, 7) is 1.82. The number of benzene rings is 2. The minimum Gasteiger partial charge on any atom is -0.497 e. The zero-order chi connectivity index (χ0) is 15.2. The number of nitrogens with one attached hydrogen (secondary N) is 2. The number of carbonyl (C=O) groups excluding carboxylic acids is 1. The van der Waals surface area contributed by atoms with Crippen molar-refractivity contribution in [3.8, 4) is 5.75 Å². The molecule has 0 aliphatic heterocycles. The molecular weight excluding hydrogens is 332 g/mol. The summed E-state index contributed by atoms with van der Waals surface area (Å²) >= 11 is 3.36. The predicted octanol–water partition coefficient (Wildman–Crippen LogP) is 3.90. The SMILES string of the molecule is COc1ccc(NC(C)C(=O)Nc2ccc(Br)cc2)cc1. The standard InChI is InChI=1S/C16H17BrN2O2/c1-11(18-13-7-9-15(21-2)10-8-13)16(20)19-14-5-3-12(17)4-6-14/h3-11,18H,1-2H3,(H,19,20). The van der Waals surface area contributed by atoms with Crippen molar-refractivity contribution in [1.29, 1.82) is 0 Å². The third kappa shape index (κ3) is 4.49. The molecule has 2 aromatic rings. The minimum absolute atomic E-state index is 0.0897. The fourth-order valence-electron chi connectivity index (χ4n) is 1.79. The van der Waals surface area contributed by atoms with Gasteiger partial charge in [0.1, 0.15) is 11.8 Å². The van der Waals surface area contributed by atoms with Gasteiger partial charge in [0.2, 0.25) is 5.91 Å². The van der Waals surface area contributed by atoms with Crippen molar-refractivity contribution < 1.29 is 9.53 Å². The van der Waals surface area contributed by atoms with Crippen molar-refractivity contribution in [2.45, 2.75) is 13.0 Å². The number of methoxy groups -OCH3 is 1. The van der Waals surface area contributed by atoms with Gasteiger partial charge in [-0.1, -0.05) is 15.9 Å². The van der Waals surface area contributed by atoms with E-state index in [1.54, 1.807) is 7.11 Å². The van der Waals surface area contributed by atoms with E-state index in [-0.39, 0.29) is 11.9 Å². The molecule has 2 rings (SSSR count). The molecule has 4 nitrogen and oxygen atoms in total. The van der Waals surface area contributed by atoms with Crippen molar-refractivity contribution in [2.75, 3.05) is 17.7 Å². The van der Waals surface area contributed by atoms with Gasteiger partial charge in [-0.15, -0.1) is 0 Å². The Balaban J connectivity index is 1.93. The molecule has 0 radical (unpaired) electrons. The Bertz CT molecular complexity index is 597. The third-order valence-electron chi connectivity index (χ3n) is 2.98. The lowest BCUT2D eigenvalue weighted by molar-refractivity contribution is -0.116. The summed E-state index contributed by atoms with van der Waals surface area (Å²) in [6.07, 6.45) is 0. The van der Waals surface area contributed by atoms with Crippen LogP contribution < -0.4 is 15.4 Å². The summed E-state index contributed by atoms with van der Waals surface area (Å²) in [7, 11) is 1.62. The van der Waals surface area contributed by atoms with E-state index in [2.05, 4.69) is 26.6 Å². The van der Waals surface area contributed by atoms with Crippen LogP contribution in [0.15, 0.2) is 53.0 Å². The Morgan fingerprint density at radius 1 is 1.05 bits per heavy atom. The number of amides is 1. The second-order valence-corrected chi connectivity index (χ2v) is 5.51. The van der Waals surface area contributed by atoms with Crippen LogP contribution in [0.1, 0.15) is 6.92 Å². The number of rotatable bonds is 5. The molecular formula is C16H17BrN2O2. The number of carbonyl (C=O) groups is 1. The molecule has 0 aliphatic rings. The van der Waals surface area contributed by atoms with Gasteiger partial charge in [0.05, 0.1) is 7.11 Å². The van der Waals surface area contributed by atoms with E-state index in [1.807, 2.05) is 55.5 Å². The smallest absolute Gasteiger partial charge is 0.246 e. The average Bonchev–Trinajstić information content (AvgIpc) is 2.50. The van der Waals surface area contributed by atoms with Gasteiger partial charge in [0, 0.05) is 15.8 Å². The first-order valence-corrected chi connectivity index (χ1v) is 7.35. The van der Waals surface area contributed by atoms with Crippen LogP contribution >= 0.6 is 15.9 Å². The maximum absolute atomic E-state index is 12.1. The molecule has 0 saturated heterocycles. The zero-order valence-electron chi connectivity index (χ0n) is 11.9. The lowest BCUT2D eigenvalue weighted by Crippen LogP contribution is -2.31. The fourth-order valence-corrected chi connectivity index (χ4v) is 2.05. The Morgan fingerprint density at radius 3 is 2.19 bits per heavy atom. The molecule has 5 heteroatoms. The molecule has 0 bridgehead atoms. The van der Waals surface area contributed by atoms with Crippen LogP contribution in [-0.2, 0) is 4.79 Å². The largest absolute Gasteiger partial charge is 0.497 e. The Hall–Kier alpha value is -2.01. The van der Waals surface area contributed by atoms with Crippen molar-refractivity contribution in [2.24, 2.45) is 0 Å². The van der Waals surface area contributed by atoms with E-state index in [1.165, 1.54) is 0 Å². The van der Waals surface area contributed by atoms with Crippen LogP contribution in [0.4, 0.5) is 11.4 Å². The van der Waals surface area contributed by atoms with Gasteiger partial charge in [-0.25, -0.2) is 0 Å². The number of anilines is 2. The van der Waals surface area contributed by atoms with E-state index in [0.29, 0.717) is 0 Å². The van der Waals surface area contributed by atoms with E-state index >= 15 is 0 Å². The van der Waals surface area contributed by atoms with Gasteiger partial charge in [0.15, 0.2) is 0 Å². The number of hydrogen-bond acceptors (Lipinski definition) is 3. The van der Waals surface area contributed by atoms with Crippen LogP contribution in [0, 0.1) is 0 Å². The van der Waals surface area contributed by atoms with E-state index in [0.717, 1.165) is 21.6 Å². The van der Waals surface area contributed by atoms with Crippen LogP contribution in [0.25, 0.3) is 0 Å². The van der Waals surface area contributed by atoms with Crippen LogP contribution in [0.3, 0.4) is 0 Å². The van der Waals surface area contributed by atoms with Crippen molar-refractivity contribution in [3.63, 3.8) is 0 Å². The molecule has 2 aromatic carbocycles. The Morgan fingerprint density at radius 2 is 1.62 bits per heavy atom. The lowest BCUT2D eigenvalue weighted by Gasteiger charge is -2.15. The highest BCUT2D eigenvalue weighted by molar-refractivity contribution is 9.10. The van der Waals surface area contributed by atoms with Crippen molar-refractivity contribution >= 4 is 33.2 Å². The number of ether oxygens (including phenoxy) is 1. The second-order valence-electron chi connectivity index (χ2n) is 4.59. The van der Waals surface area contributed by atoms with Gasteiger partial charge >= 0.3 is 0 Å². The number of halogens is 1. The molecule has 2 N–H and O–H groups in total. The molecule has 0 saturated carbocycles. The summed E-state index contributed by atoms with van der Waals surface area (Å²) in [5.41, 5.74) is 1.64. The monoisotopic (exact) mass is 348 g/mol. The van der Waals surface area contributed by atoms with E-state index in [4.69, 9.17) is 4.74 Å². The van der Waals surface area contributed by atoms with Gasteiger partial charge < -0.3 is 15.4 Å². The first kappa shape index (κ1) is 15.4. The molecule has 0 heterocycles. The third-order valence-corrected chi connectivity index (χ3v) is 3.51. The molecule has 0 aliphatic carbocycles. The van der Waals surface area contributed by atoms with Crippen LogP contribution in [0.5, 0.6) is 5.75 Å². The molecule has 1 atom stereocenters. The Kier molecular flexibility index (Phi) is 5.22. The summed E-state index contributed by atoms with van der Waals surface area (Å²) in [5, 5.41) is 6.01. The first-order valence-electron chi connectivity index (χ1n) is 6.55. The maximum atomic E-state index is 12.1. The fraction of sp³-hybridized carbons (Fsp3) is 0.188. The summed E-state index contributed by atoms with van der Waals surface area (Å²) < 4.78 is 6.08. The van der Waals surface area contributed by atoms with Gasteiger partial charge in [-0.2, -0.15) is 0 Å². The highest BCUT2D eigenvalue weighted by Crippen LogP contribution is 2.17. The average molecular weight is 349 g/mol. The highest BCUT2D eigenvalue weighted by Gasteiger charge is 2.12. The Labute approximate surface area is 132 Å². The minimum atomic E-state index is -0.345. The normalized spacial score (nSPS) is 11.6. The number of hydrogen-bond donors (Lipinski definition) is 2. The van der Waals surface area contributed by atoms with Gasteiger partial charge in [-0.3, -0.25) is 4.79 Å². The molecule has 0 aromatic heterocycles. The maximum Gasteiger partial charge on any atom is 0.246 e. The summed E-state index contributed by atoms with van der Waals surface area (Å²) in [4.78, 5) is 12.1. The molecule has 1 amide bonds. The summed E-state index contributed by atoms with van der Waals surface area (Å²) in [6, 6.07) is 14.6. The van der Waals surface area contributed by atoms with Gasteiger partial charge in [-0.05, 0) is 55.5 Å². The second kappa shape index (κ2) is 7.13. The first-order chi connectivity index (χ1) is 10.1. The quantitative estimate of drug-likeness (QED) is 0.861. The highest BCUT2D eigenvalue weighted by atomic mass is 79.9. The molecule has 0 fully saturated rings. The zero-order valence-corrected chi connectivity index (χ0v) is 13.5. The van der Waals surface area contributed by atoms with Crippen molar-refractivity contribution in [1.82, 2.24) is 0 Å². The van der Waals surface area contributed by atoms with Crippen molar-refractivity contribution in [3.05, 3.63) is 53.0 Å². The lowest BCUT2D eigenvalue weighted by atomic mass is 10.2. The molecule has 110 valence electrons. The van der Waals surface area contributed by atoms with E-state index < -0.39 is 0 Å². The van der Waals surface area contributed by atoms with Crippen LogP contribution in [-0.4, -0.2) is 19.1 Å².